The topological polar surface area (TPSA) is 96.3 Å². The summed E-state index contributed by atoms with van der Waals surface area (Å²) in [6.07, 6.45) is 0. The summed E-state index contributed by atoms with van der Waals surface area (Å²) in [7, 11) is 0. The van der Waals surface area contributed by atoms with Crippen molar-refractivity contribution < 1.29 is 33.1 Å². The molecule has 2 aromatic rings. The molecule has 8 nitrogen and oxygen atoms in total. The number of imide groups is 3. The minimum absolute atomic E-state index is 0.281. The molecular weight excluding hydrogens is 314 g/mol. The molecular formula is C16H13N3O5+2. The lowest BCUT2D eigenvalue weighted by Gasteiger charge is -2.03. The molecule has 2 heterocycles. The highest BCUT2D eigenvalue weighted by molar-refractivity contribution is 6.26. The Morgan fingerprint density at radius 2 is 1.17 bits per heavy atom. The average molecular weight is 327 g/mol. The van der Waals surface area contributed by atoms with Gasteiger partial charge in [0.15, 0.2) is 0 Å². The largest absolute Gasteiger partial charge is 0.390 e. The van der Waals surface area contributed by atoms with Gasteiger partial charge in [-0.05, 0) is 0 Å². The second-order valence-electron chi connectivity index (χ2n) is 5.36. The molecule has 0 bridgehead atoms. The van der Waals surface area contributed by atoms with Crippen molar-refractivity contribution >= 4 is 40.6 Å². The van der Waals surface area contributed by atoms with Crippen LogP contribution in [0.2, 0.25) is 0 Å². The molecule has 0 fully saturated rings. The van der Waals surface area contributed by atoms with E-state index in [9.17, 15) is 24.0 Å². The van der Waals surface area contributed by atoms with Crippen LogP contribution in [-0.4, -0.2) is 34.4 Å². The third kappa shape index (κ3) is 1.89. The predicted octanol–water partition coefficient (Wildman–Crippen LogP) is -0.123. The highest BCUT2D eigenvalue weighted by Gasteiger charge is 2.56. The Kier molecular flexibility index (Phi) is 3.33. The zero-order valence-corrected chi connectivity index (χ0v) is 13.2. The van der Waals surface area contributed by atoms with Gasteiger partial charge in [-0.1, -0.05) is 12.1 Å². The van der Waals surface area contributed by atoms with Crippen LogP contribution in [0.4, 0.5) is 0 Å². The number of para-hydroxylation sites is 2. The fourth-order valence-electron chi connectivity index (χ4n) is 2.93. The summed E-state index contributed by atoms with van der Waals surface area (Å²) < 4.78 is 2.13. The third-order valence-corrected chi connectivity index (χ3v) is 3.79. The molecule has 0 spiro atoms. The van der Waals surface area contributed by atoms with Crippen molar-refractivity contribution in [2.45, 2.75) is 20.8 Å². The molecule has 0 radical (unpaired) electrons. The summed E-state index contributed by atoms with van der Waals surface area (Å²) in [5.41, 5.74) is 0.0317. The maximum absolute atomic E-state index is 12.6. The van der Waals surface area contributed by atoms with Crippen LogP contribution in [-0.2, 0) is 4.79 Å². The average Bonchev–Trinajstić information content (AvgIpc) is 2.75. The van der Waals surface area contributed by atoms with Crippen molar-refractivity contribution in [2.24, 2.45) is 0 Å². The first-order chi connectivity index (χ1) is 11.3. The molecule has 3 amide bonds. The van der Waals surface area contributed by atoms with Gasteiger partial charge in [0.05, 0.1) is 13.8 Å². The Labute approximate surface area is 135 Å². The summed E-state index contributed by atoms with van der Waals surface area (Å²) in [4.78, 5) is 61.5. The Balaban J connectivity index is 2.60. The molecule has 0 saturated heterocycles. The van der Waals surface area contributed by atoms with Crippen LogP contribution in [0, 0.1) is 0 Å². The van der Waals surface area contributed by atoms with Crippen LogP contribution >= 0.6 is 0 Å². The van der Waals surface area contributed by atoms with Crippen LogP contribution in [0.3, 0.4) is 0 Å². The van der Waals surface area contributed by atoms with E-state index < -0.39 is 29.5 Å². The standard InChI is InChI=1S/C16H13N3O5/c1-8(20)17-11-6-4-5-7-12(11)18(9(2)21)14-13(17)15(23)19(10(3)22)16(14)24/h4-7H,1-3H3/q+2. The molecule has 1 aromatic heterocycles. The van der Waals surface area contributed by atoms with E-state index in [-0.39, 0.29) is 11.4 Å². The smallest absolute Gasteiger partial charge is 0.274 e. The number of hydrogen-bond donors (Lipinski definition) is 0. The predicted molar refractivity (Wildman–Crippen MR) is 78.1 cm³/mol. The van der Waals surface area contributed by atoms with E-state index in [2.05, 4.69) is 0 Å². The molecule has 8 heteroatoms. The van der Waals surface area contributed by atoms with Gasteiger partial charge in [-0.25, -0.2) is 9.59 Å². The van der Waals surface area contributed by atoms with Gasteiger partial charge < -0.3 is 0 Å². The highest BCUT2D eigenvalue weighted by Crippen LogP contribution is 2.20. The number of nitrogens with zero attached hydrogens (tertiary/aromatic N) is 3. The van der Waals surface area contributed by atoms with Crippen molar-refractivity contribution in [1.29, 1.82) is 0 Å². The SMILES string of the molecule is CC(=O)N1C(=O)c2c([n+](C(C)=O)c3ccccc3[n+]2C(C)=O)C1=O. The van der Waals surface area contributed by atoms with E-state index in [1.165, 1.54) is 13.8 Å². The molecule has 0 aliphatic carbocycles. The summed E-state index contributed by atoms with van der Waals surface area (Å²) in [5.74, 6) is -3.64. The molecule has 0 N–H and O–H groups in total. The fourth-order valence-corrected chi connectivity index (χ4v) is 2.93. The Hall–Kier alpha value is -3.29. The monoisotopic (exact) mass is 327 g/mol. The van der Waals surface area contributed by atoms with Gasteiger partial charge >= 0.3 is 35.0 Å². The maximum atomic E-state index is 12.6. The molecule has 3 rings (SSSR count). The third-order valence-electron chi connectivity index (χ3n) is 3.79. The molecule has 1 aliphatic rings. The molecule has 0 unspecified atom stereocenters. The van der Waals surface area contributed by atoms with Crippen LogP contribution in [0.1, 0.15) is 51.3 Å². The molecule has 1 aromatic carbocycles. The minimum Gasteiger partial charge on any atom is -0.274 e. The van der Waals surface area contributed by atoms with Crippen molar-refractivity contribution in [3.05, 3.63) is 35.7 Å². The van der Waals surface area contributed by atoms with Crippen molar-refractivity contribution in [2.75, 3.05) is 0 Å². The van der Waals surface area contributed by atoms with Crippen LogP contribution in [0.25, 0.3) is 11.0 Å². The van der Waals surface area contributed by atoms with Gasteiger partial charge in [-0.15, -0.1) is 9.13 Å². The Morgan fingerprint density at radius 3 is 1.46 bits per heavy atom. The van der Waals surface area contributed by atoms with Crippen molar-refractivity contribution in [3.63, 3.8) is 0 Å². The summed E-state index contributed by atoms with van der Waals surface area (Å²) in [6, 6.07) is 6.40. The lowest BCUT2D eigenvalue weighted by molar-refractivity contribution is -0.598. The van der Waals surface area contributed by atoms with Crippen molar-refractivity contribution in [1.82, 2.24) is 4.90 Å². The van der Waals surface area contributed by atoms with E-state index in [0.717, 1.165) is 16.1 Å². The van der Waals surface area contributed by atoms with Crippen molar-refractivity contribution in [3.8, 4) is 0 Å². The van der Waals surface area contributed by atoms with Gasteiger partial charge in [0.25, 0.3) is 11.0 Å². The number of aromatic nitrogens is 2. The lowest BCUT2D eigenvalue weighted by atomic mass is 10.2. The van der Waals surface area contributed by atoms with Gasteiger partial charge in [0.1, 0.15) is 0 Å². The maximum Gasteiger partial charge on any atom is 0.390 e. The molecule has 24 heavy (non-hydrogen) atoms. The lowest BCUT2D eigenvalue weighted by Crippen LogP contribution is -2.56. The first-order valence-electron chi connectivity index (χ1n) is 7.11. The van der Waals surface area contributed by atoms with Crippen LogP contribution in [0.5, 0.6) is 0 Å². The summed E-state index contributed by atoms with van der Waals surface area (Å²) in [6.45, 7) is 3.54. The summed E-state index contributed by atoms with van der Waals surface area (Å²) in [5, 5.41) is 0. The second kappa shape index (κ2) is 5.12. The summed E-state index contributed by atoms with van der Waals surface area (Å²) >= 11 is 0. The number of rotatable bonds is 0. The zero-order valence-electron chi connectivity index (χ0n) is 13.2. The molecule has 0 saturated carbocycles. The minimum atomic E-state index is -0.918. The number of amides is 3. The number of carbonyl (C=O) groups is 5. The van der Waals surface area contributed by atoms with E-state index in [0.29, 0.717) is 15.9 Å². The van der Waals surface area contributed by atoms with E-state index in [4.69, 9.17) is 0 Å². The fraction of sp³-hybridized carbons (Fsp3) is 0.188. The van der Waals surface area contributed by atoms with E-state index >= 15 is 0 Å². The van der Waals surface area contributed by atoms with E-state index in [1.807, 2.05) is 0 Å². The Bertz CT molecular complexity index is 920. The normalized spacial score (nSPS) is 13.4. The number of benzene rings is 1. The van der Waals surface area contributed by atoms with Gasteiger partial charge in [0, 0.05) is 19.1 Å². The van der Waals surface area contributed by atoms with Crippen LogP contribution < -0.4 is 9.13 Å². The number of carbonyl (C=O) groups excluding carboxylic acids is 5. The van der Waals surface area contributed by atoms with Gasteiger partial charge in [0.2, 0.25) is 5.91 Å². The van der Waals surface area contributed by atoms with Crippen LogP contribution in [0.15, 0.2) is 24.3 Å². The second-order valence-corrected chi connectivity index (χ2v) is 5.36. The van der Waals surface area contributed by atoms with Gasteiger partial charge in [-0.2, -0.15) is 4.90 Å². The quantitative estimate of drug-likeness (QED) is 0.496. The molecule has 0 atom stereocenters. The number of fused-ring (bicyclic) bond motifs is 2. The first kappa shape index (κ1) is 15.6. The molecule has 120 valence electrons. The van der Waals surface area contributed by atoms with Gasteiger partial charge in [-0.3, -0.25) is 14.4 Å². The molecule has 1 aliphatic heterocycles. The van der Waals surface area contributed by atoms with E-state index in [1.54, 1.807) is 24.3 Å². The Morgan fingerprint density at radius 1 is 0.792 bits per heavy atom. The number of hydrogen-bond acceptors (Lipinski definition) is 5. The highest BCUT2D eigenvalue weighted by atomic mass is 16.2. The first-order valence-corrected chi connectivity index (χ1v) is 7.11. The zero-order chi connectivity index (χ0) is 17.8.